The summed E-state index contributed by atoms with van der Waals surface area (Å²) in [6.07, 6.45) is 6.16. The van der Waals surface area contributed by atoms with Crippen LogP contribution in [0.1, 0.15) is 31.9 Å². The number of hydrogen-bond donors (Lipinski definition) is 1. The third-order valence-electron chi connectivity index (χ3n) is 3.35. The fourth-order valence-electron chi connectivity index (χ4n) is 2.55. The molecular formula is C13H24N4. The van der Waals surface area contributed by atoms with Crippen molar-refractivity contribution in [1.29, 1.82) is 0 Å². The predicted molar refractivity (Wildman–Crippen MR) is 71.3 cm³/mol. The summed E-state index contributed by atoms with van der Waals surface area (Å²) in [4.78, 5) is 7.03. The van der Waals surface area contributed by atoms with Crippen LogP contribution in [0.5, 0.6) is 0 Å². The molecule has 1 fully saturated rings. The van der Waals surface area contributed by atoms with E-state index in [1.165, 1.54) is 32.4 Å². The Balaban J connectivity index is 1.83. The van der Waals surface area contributed by atoms with E-state index in [0.717, 1.165) is 18.2 Å². The lowest BCUT2D eigenvalue weighted by molar-refractivity contribution is 0.223. The maximum absolute atomic E-state index is 4.48. The topological polar surface area (TPSA) is 33.1 Å². The van der Waals surface area contributed by atoms with Crippen molar-refractivity contribution in [3.8, 4) is 0 Å². The number of aryl methyl sites for hydroxylation is 2. The standard InChI is InChI=1S/C13H24N4/c1-11-9-16(3)13(14-11)15-12(2)10-17-7-5-4-6-8-17/h9,12H,4-8,10H2,1-3H3,(H,14,15). The zero-order valence-electron chi connectivity index (χ0n) is 11.2. The van der Waals surface area contributed by atoms with Crippen molar-refractivity contribution in [3.63, 3.8) is 0 Å². The molecule has 96 valence electrons. The summed E-state index contributed by atoms with van der Waals surface area (Å²) in [5, 5.41) is 3.49. The Labute approximate surface area is 104 Å². The lowest BCUT2D eigenvalue weighted by Gasteiger charge is -2.29. The highest BCUT2D eigenvalue weighted by atomic mass is 15.2. The van der Waals surface area contributed by atoms with Crippen LogP contribution in [0, 0.1) is 6.92 Å². The van der Waals surface area contributed by atoms with Gasteiger partial charge in [0.2, 0.25) is 5.95 Å². The summed E-state index contributed by atoms with van der Waals surface area (Å²) < 4.78 is 2.06. The van der Waals surface area contributed by atoms with E-state index in [0.29, 0.717) is 6.04 Å². The molecule has 1 aliphatic heterocycles. The molecule has 1 N–H and O–H groups in total. The highest BCUT2D eigenvalue weighted by molar-refractivity contribution is 5.29. The summed E-state index contributed by atoms with van der Waals surface area (Å²) in [6.45, 7) is 7.89. The minimum Gasteiger partial charge on any atom is -0.352 e. The Bertz CT molecular complexity index is 352. The Morgan fingerprint density at radius 3 is 2.65 bits per heavy atom. The van der Waals surface area contributed by atoms with Crippen molar-refractivity contribution in [3.05, 3.63) is 11.9 Å². The molecule has 1 aromatic heterocycles. The van der Waals surface area contributed by atoms with Crippen LogP contribution in [0.25, 0.3) is 0 Å². The van der Waals surface area contributed by atoms with Gasteiger partial charge in [0.05, 0.1) is 5.69 Å². The highest BCUT2D eigenvalue weighted by Crippen LogP contribution is 2.11. The first-order valence-corrected chi connectivity index (χ1v) is 6.64. The van der Waals surface area contributed by atoms with E-state index in [-0.39, 0.29) is 0 Å². The van der Waals surface area contributed by atoms with Crippen LogP contribution in [0.3, 0.4) is 0 Å². The minimum atomic E-state index is 0.452. The molecule has 1 aliphatic rings. The molecular weight excluding hydrogens is 212 g/mol. The van der Waals surface area contributed by atoms with E-state index in [9.17, 15) is 0 Å². The van der Waals surface area contributed by atoms with E-state index in [4.69, 9.17) is 0 Å². The Morgan fingerprint density at radius 2 is 2.06 bits per heavy atom. The number of nitrogens with one attached hydrogen (secondary N) is 1. The molecule has 0 aromatic carbocycles. The second-order valence-corrected chi connectivity index (χ2v) is 5.22. The van der Waals surface area contributed by atoms with Gasteiger partial charge in [-0.25, -0.2) is 4.98 Å². The normalized spacial score (nSPS) is 19.2. The smallest absolute Gasteiger partial charge is 0.203 e. The van der Waals surface area contributed by atoms with Crippen LogP contribution in [0.2, 0.25) is 0 Å². The van der Waals surface area contributed by atoms with E-state index in [1.807, 2.05) is 14.0 Å². The van der Waals surface area contributed by atoms with Gasteiger partial charge < -0.3 is 14.8 Å². The first-order valence-electron chi connectivity index (χ1n) is 6.64. The molecule has 0 spiro atoms. The first-order chi connectivity index (χ1) is 8.15. The number of rotatable bonds is 4. The second kappa shape index (κ2) is 5.54. The number of imidazole rings is 1. The maximum atomic E-state index is 4.48. The molecule has 4 nitrogen and oxygen atoms in total. The van der Waals surface area contributed by atoms with Crippen molar-refractivity contribution in [1.82, 2.24) is 14.5 Å². The third-order valence-corrected chi connectivity index (χ3v) is 3.35. The minimum absolute atomic E-state index is 0.452. The van der Waals surface area contributed by atoms with Crippen LogP contribution >= 0.6 is 0 Å². The van der Waals surface area contributed by atoms with Gasteiger partial charge in [0.15, 0.2) is 0 Å². The van der Waals surface area contributed by atoms with Crippen LogP contribution in [-0.2, 0) is 7.05 Å². The number of aromatic nitrogens is 2. The largest absolute Gasteiger partial charge is 0.352 e. The first kappa shape index (κ1) is 12.4. The molecule has 1 atom stereocenters. The number of anilines is 1. The molecule has 0 bridgehead atoms. The van der Waals surface area contributed by atoms with Crippen molar-refractivity contribution in [2.45, 2.75) is 39.2 Å². The predicted octanol–water partition coefficient (Wildman–Crippen LogP) is 2.01. The summed E-state index contributed by atoms with van der Waals surface area (Å²) in [7, 11) is 2.04. The van der Waals surface area contributed by atoms with Crippen LogP contribution < -0.4 is 5.32 Å². The van der Waals surface area contributed by atoms with Gasteiger partial charge in [-0.05, 0) is 39.8 Å². The fraction of sp³-hybridized carbons (Fsp3) is 0.769. The fourth-order valence-corrected chi connectivity index (χ4v) is 2.55. The highest BCUT2D eigenvalue weighted by Gasteiger charge is 2.14. The molecule has 1 saturated heterocycles. The van der Waals surface area contributed by atoms with Crippen LogP contribution in [-0.4, -0.2) is 40.1 Å². The SMILES string of the molecule is Cc1cn(C)c(NC(C)CN2CCCCC2)n1. The molecule has 1 aromatic rings. The molecule has 2 heterocycles. The monoisotopic (exact) mass is 236 g/mol. The third kappa shape index (κ3) is 3.46. The van der Waals surface area contributed by atoms with Crippen molar-refractivity contribution in [2.24, 2.45) is 7.05 Å². The van der Waals surface area contributed by atoms with Gasteiger partial charge in [-0.15, -0.1) is 0 Å². The Hall–Kier alpha value is -1.03. The van der Waals surface area contributed by atoms with Gasteiger partial charge in [0.25, 0.3) is 0 Å². The molecule has 0 amide bonds. The number of likely N-dealkylation sites (tertiary alicyclic amines) is 1. The average molecular weight is 236 g/mol. The quantitative estimate of drug-likeness (QED) is 0.868. The molecule has 0 saturated carbocycles. The summed E-state index contributed by atoms with van der Waals surface area (Å²) >= 11 is 0. The summed E-state index contributed by atoms with van der Waals surface area (Å²) in [5.74, 6) is 0.979. The molecule has 1 unspecified atom stereocenters. The van der Waals surface area contributed by atoms with E-state index in [1.54, 1.807) is 0 Å². The number of hydrogen-bond acceptors (Lipinski definition) is 3. The van der Waals surface area contributed by atoms with E-state index < -0.39 is 0 Å². The van der Waals surface area contributed by atoms with Gasteiger partial charge in [-0.1, -0.05) is 6.42 Å². The lowest BCUT2D eigenvalue weighted by Crippen LogP contribution is -2.38. The van der Waals surface area contributed by atoms with Crippen molar-refractivity contribution < 1.29 is 0 Å². The average Bonchev–Trinajstić information content (AvgIpc) is 2.58. The van der Waals surface area contributed by atoms with E-state index >= 15 is 0 Å². The molecule has 4 heteroatoms. The summed E-state index contributed by atoms with van der Waals surface area (Å²) in [5.41, 5.74) is 1.07. The molecule has 0 radical (unpaired) electrons. The van der Waals surface area contributed by atoms with Gasteiger partial charge in [-0.2, -0.15) is 0 Å². The van der Waals surface area contributed by atoms with Crippen molar-refractivity contribution in [2.75, 3.05) is 25.0 Å². The van der Waals surface area contributed by atoms with E-state index in [2.05, 4.69) is 32.9 Å². The molecule has 2 rings (SSSR count). The van der Waals surface area contributed by atoms with Crippen LogP contribution in [0.15, 0.2) is 6.20 Å². The Morgan fingerprint density at radius 1 is 1.35 bits per heavy atom. The lowest BCUT2D eigenvalue weighted by atomic mass is 10.1. The zero-order chi connectivity index (χ0) is 12.3. The number of piperidine rings is 1. The van der Waals surface area contributed by atoms with Crippen molar-refractivity contribution >= 4 is 5.95 Å². The van der Waals surface area contributed by atoms with Gasteiger partial charge in [0, 0.05) is 25.8 Å². The second-order valence-electron chi connectivity index (χ2n) is 5.22. The number of nitrogens with zero attached hydrogens (tertiary/aromatic N) is 3. The van der Waals surface area contributed by atoms with Gasteiger partial charge >= 0.3 is 0 Å². The van der Waals surface area contributed by atoms with Gasteiger partial charge in [-0.3, -0.25) is 0 Å². The van der Waals surface area contributed by atoms with Crippen LogP contribution in [0.4, 0.5) is 5.95 Å². The Kier molecular flexibility index (Phi) is 4.05. The summed E-state index contributed by atoms with van der Waals surface area (Å²) in [6, 6.07) is 0.452. The molecule has 17 heavy (non-hydrogen) atoms. The zero-order valence-corrected chi connectivity index (χ0v) is 11.2. The van der Waals surface area contributed by atoms with Gasteiger partial charge in [0.1, 0.15) is 0 Å². The maximum Gasteiger partial charge on any atom is 0.203 e. The molecule has 0 aliphatic carbocycles.